The summed E-state index contributed by atoms with van der Waals surface area (Å²) in [5, 5.41) is 3.01. The first-order valence-electron chi connectivity index (χ1n) is 10.4. The highest BCUT2D eigenvalue weighted by Gasteiger charge is 2.49. The number of aryl methyl sites for hydroxylation is 1. The Labute approximate surface area is 166 Å². The van der Waals surface area contributed by atoms with Crippen LogP contribution in [0, 0.1) is 18.8 Å². The lowest BCUT2D eigenvalue weighted by Gasteiger charge is -2.56. The summed E-state index contributed by atoms with van der Waals surface area (Å²) in [4.78, 5) is 34.0. The molecule has 0 unspecified atom stereocenters. The Morgan fingerprint density at radius 1 is 1.43 bits per heavy atom. The quantitative estimate of drug-likeness (QED) is 0.757. The topological polar surface area (TPSA) is 78.7 Å². The summed E-state index contributed by atoms with van der Waals surface area (Å²) in [6.45, 7) is 9.10. The van der Waals surface area contributed by atoms with E-state index in [9.17, 15) is 9.59 Å². The molecule has 4 atom stereocenters. The minimum absolute atomic E-state index is 0.0533. The van der Waals surface area contributed by atoms with Crippen molar-refractivity contribution in [1.82, 2.24) is 20.1 Å². The Morgan fingerprint density at radius 2 is 2.25 bits per heavy atom. The van der Waals surface area contributed by atoms with E-state index >= 15 is 0 Å². The van der Waals surface area contributed by atoms with Gasteiger partial charge < -0.3 is 19.5 Å². The van der Waals surface area contributed by atoms with Gasteiger partial charge in [0.15, 0.2) is 11.6 Å². The van der Waals surface area contributed by atoms with Gasteiger partial charge in [-0.1, -0.05) is 6.08 Å². The molecule has 0 aromatic carbocycles. The number of amides is 2. The van der Waals surface area contributed by atoms with Gasteiger partial charge in [-0.25, -0.2) is 4.98 Å². The van der Waals surface area contributed by atoms with Crippen molar-refractivity contribution in [1.29, 1.82) is 0 Å². The van der Waals surface area contributed by atoms with Crippen molar-refractivity contribution in [3.8, 4) is 0 Å². The number of carbonyl (C=O) groups excluding carboxylic acids is 2. The van der Waals surface area contributed by atoms with E-state index in [2.05, 4.69) is 26.7 Å². The van der Waals surface area contributed by atoms with Gasteiger partial charge in [0, 0.05) is 45.6 Å². The van der Waals surface area contributed by atoms with Crippen LogP contribution in [0.1, 0.15) is 48.5 Å². The Bertz CT molecular complexity index is 746. The number of hydrogen-bond acceptors (Lipinski definition) is 5. The first-order valence-corrected chi connectivity index (χ1v) is 10.4. The minimum Gasteiger partial charge on any atom is -0.448 e. The third-order valence-corrected chi connectivity index (χ3v) is 6.55. The van der Waals surface area contributed by atoms with Gasteiger partial charge in [-0.3, -0.25) is 9.59 Å². The number of nitrogens with one attached hydrogen (secondary N) is 1. The van der Waals surface area contributed by atoms with E-state index in [0.29, 0.717) is 42.4 Å². The maximum atomic E-state index is 12.8. The SMILES string of the molecule is C=CCCN1C[C@H]2C[C@@H](C1)[C@H](CNC(=O)c1coc(C)n1)N1C(=O)CCC[C@@H]21. The van der Waals surface area contributed by atoms with Crippen molar-refractivity contribution in [3.63, 3.8) is 0 Å². The first kappa shape index (κ1) is 19.2. The van der Waals surface area contributed by atoms with Crippen LogP contribution in [0.4, 0.5) is 0 Å². The number of piperidine rings is 3. The van der Waals surface area contributed by atoms with Crippen LogP contribution in [0.2, 0.25) is 0 Å². The van der Waals surface area contributed by atoms with Gasteiger partial charge in [0.25, 0.3) is 5.91 Å². The number of carbonyl (C=O) groups is 2. The summed E-state index contributed by atoms with van der Waals surface area (Å²) in [6, 6.07) is 0.359. The molecule has 0 saturated carbocycles. The highest BCUT2D eigenvalue weighted by Crippen LogP contribution is 2.41. The number of hydrogen-bond donors (Lipinski definition) is 1. The Kier molecular flexibility index (Phi) is 5.53. The lowest BCUT2D eigenvalue weighted by Crippen LogP contribution is -2.67. The van der Waals surface area contributed by atoms with Crippen LogP contribution >= 0.6 is 0 Å². The highest BCUT2D eigenvalue weighted by atomic mass is 16.3. The third-order valence-electron chi connectivity index (χ3n) is 6.55. The fourth-order valence-electron chi connectivity index (χ4n) is 5.35. The van der Waals surface area contributed by atoms with E-state index in [1.54, 1.807) is 6.92 Å². The molecule has 2 amide bonds. The lowest BCUT2D eigenvalue weighted by molar-refractivity contribution is -0.152. The van der Waals surface area contributed by atoms with Gasteiger partial charge in [-0.15, -0.1) is 6.58 Å². The molecule has 7 heteroatoms. The van der Waals surface area contributed by atoms with E-state index in [1.807, 2.05) is 6.08 Å². The van der Waals surface area contributed by atoms with Gasteiger partial charge >= 0.3 is 0 Å². The lowest BCUT2D eigenvalue weighted by atomic mass is 9.72. The summed E-state index contributed by atoms with van der Waals surface area (Å²) in [5.74, 6) is 1.42. The fourth-order valence-corrected chi connectivity index (χ4v) is 5.35. The normalized spacial score (nSPS) is 30.0. The molecule has 1 N–H and O–H groups in total. The molecule has 3 saturated heterocycles. The summed E-state index contributed by atoms with van der Waals surface area (Å²) >= 11 is 0. The van der Waals surface area contributed by atoms with Crippen molar-refractivity contribution in [2.45, 2.75) is 51.1 Å². The Morgan fingerprint density at radius 3 is 3.00 bits per heavy atom. The third kappa shape index (κ3) is 3.72. The molecule has 4 heterocycles. The van der Waals surface area contributed by atoms with E-state index in [1.165, 1.54) is 6.26 Å². The monoisotopic (exact) mass is 386 g/mol. The smallest absolute Gasteiger partial charge is 0.273 e. The highest BCUT2D eigenvalue weighted by molar-refractivity contribution is 5.92. The van der Waals surface area contributed by atoms with Gasteiger partial charge in [-0.2, -0.15) is 0 Å². The van der Waals surface area contributed by atoms with Crippen LogP contribution in [0.15, 0.2) is 23.3 Å². The van der Waals surface area contributed by atoms with E-state index < -0.39 is 0 Å². The van der Waals surface area contributed by atoms with Crippen molar-refractivity contribution in [2.75, 3.05) is 26.2 Å². The number of rotatable bonds is 6. The number of fused-ring (bicyclic) bond motifs is 4. The molecule has 0 spiro atoms. The number of nitrogens with zero attached hydrogens (tertiary/aromatic N) is 3. The maximum Gasteiger partial charge on any atom is 0.273 e. The second-order valence-corrected chi connectivity index (χ2v) is 8.38. The van der Waals surface area contributed by atoms with Crippen LogP contribution in [-0.2, 0) is 4.79 Å². The zero-order valence-corrected chi connectivity index (χ0v) is 16.6. The molecule has 7 nitrogen and oxygen atoms in total. The molecule has 3 aliphatic rings. The van der Waals surface area contributed by atoms with Crippen molar-refractivity contribution in [2.24, 2.45) is 11.8 Å². The molecular formula is C21H30N4O3. The van der Waals surface area contributed by atoms with E-state index in [-0.39, 0.29) is 17.9 Å². The van der Waals surface area contributed by atoms with Gasteiger partial charge in [0.05, 0.1) is 6.04 Å². The minimum atomic E-state index is -0.237. The van der Waals surface area contributed by atoms with Crippen molar-refractivity contribution in [3.05, 3.63) is 30.5 Å². The van der Waals surface area contributed by atoms with Crippen LogP contribution in [0.3, 0.4) is 0 Å². The molecule has 0 aliphatic carbocycles. The largest absolute Gasteiger partial charge is 0.448 e. The molecule has 1 aromatic rings. The summed E-state index contributed by atoms with van der Waals surface area (Å²) < 4.78 is 5.15. The standard InChI is InChI=1S/C21H30N4O3/c1-3-4-8-24-11-15-9-16(12-24)19(25-18(15)6-5-7-20(25)26)10-22-21(27)17-13-28-14(2)23-17/h3,13,15-16,18-19H,1,4-12H2,2H3,(H,22,27)/t15-,16+,18+,19+/m1/s1. The van der Waals surface area contributed by atoms with Crippen LogP contribution in [0.25, 0.3) is 0 Å². The number of aromatic nitrogens is 1. The second kappa shape index (κ2) is 8.07. The van der Waals surface area contributed by atoms with Crippen LogP contribution in [0.5, 0.6) is 0 Å². The molecule has 28 heavy (non-hydrogen) atoms. The molecule has 0 radical (unpaired) electrons. The first-order chi connectivity index (χ1) is 13.6. The zero-order chi connectivity index (χ0) is 19.7. The molecular weight excluding hydrogens is 356 g/mol. The predicted octanol–water partition coefficient (Wildman–Crippen LogP) is 1.99. The number of likely N-dealkylation sites (tertiary alicyclic amines) is 1. The second-order valence-electron chi connectivity index (χ2n) is 8.38. The molecule has 3 aliphatic heterocycles. The zero-order valence-electron chi connectivity index (χ0n) is 16.6. The average Bonchev–Trinajstić information content (AvgIpc) is 3.13. The van der Waals surface area contributed by atoms with Crippen molar-refractivity contribution >= 4 is 11.8 Å². The van der Waals surface area contributed by atoms with Crippen molar-refractivity contribution < 1.29 is 14.0 Å². The molecule has 2 bridgehead atoms. The fraction of sp³-hybridized carbons (Fsp3) is 0.667. The molecule has 152 valence electrons. The summed E-state index contributed by atoms with van der Waals surface area (Å²) in [5.41, 5.74) is 0.295. The van der Waals surface area contributed by atoms with E-state index in [4.69, 9.17) is 4.42 Å². The van der Waals surface area contributed by atoms with E-state index in [0.717, 1.165) is 45.3 Å². The Balaban J connectivity index is 1.50. The van der Waals surface area contributed by atoms with Gasteiger partial charge in [-0.05, 0) is 37.5 Å². The van der Waals surface area contributed by atoms with Crippen LogP contribution < -0.4 is 5.32 Å². The summed E-state index contributed by atoms with van der Waals surface area (Å²) in [6.07, 6.45) is 8.16. The molecule has 4 rings (SSSR count). The van der Waals surface area contributed by atoms with Gasteiger partial charge in [0.2, 0.25) is 5.91 Å². The Hall–Kier alpha value is -2.15. The number of oxazole rings is 1. The molecule has 3 fully saturated rings. The van der Waals surface area contributed by atoms with Crippen LogP contribution in [-0.4, -0.2) is 64.9 Å². The van der Waals surface area contributed by atoms with Gasteiger partial charge in [0.1, 0.15) is 6.26 Å². The maximum absolute atomic E-state index is 12.8. The molecule has 1 aromatic heterocycles. The summed E-state index contributed by atoms with van der Waals surface area (Å²) in [7, 11) is 0. The predicted molar refractivity (Wildman–Crippen MR) is 105 cm³/mol. The average molecular weight is 386 g/mol.